The minimum atomic E-state index is 0.0765. The quantitative estimate of drug-likeness (QED) is 0.393. The number of Topliss-reactive ketones (excluding diaryl/α,β-unsaturated/α-hetero) is 1. The molecule has 0 saturated carbocycles. The van der Waals surface area contributed by atoms with Crippen LogP contribution in [0.25, 0.3) is 0 Å². The Morgan fingerprint density at radius 2 is 1.83 bits per heavy atom. The lowest BCUT2D eigenvalue weighted by molar-refractivity contribution is 0.101. The smallest absolute Gasteiger partial charge is 0.162 e. The number of hydrogen-bond donors (Lipinski definition) is 0. The molecule has 1 aromatic rings. The lowest BCUT2D eigenvalue weighted by Gasteiger charge is -2.04. The van der Waals surface area contributed by atoms with Crippen LogP contribution in [0, 0.1) is 3.57 Å². The highest BCUT2D eigenvalue weighted by molar-refractivity contribution is 14.1. The second-order valence-corrected chi connectivity index (χ2v) is 5.06. The van der Waals surface area contributed by atoms with Gasteiger partial charge in [0, 0.05) is 18.1 Å². The Morgan fingerprint density at radius 1 is 1.33 bits per heavy atom. The van der Waals surface area contributed by atoms with E-state index in [1.165, 1.54) is 0 Å². The number of rotatable bonds is 1. The van der Waals surface area contributed by atoms with E-state index in [1.54, 1.807) is 6.92 Å². The molecule has 1 aromatic carbocycles. The van der Waals surface area contributed by atoms with Crippen molar-refractivity contribution in [2.45, 2.75) is 6.92 Å². The van der Waals surface area contributed by atoms with Crippen molar-refractivity contribution in [2.75, 3.05) is 0 Å². The molecule has 0 N–H and O–H groups in total. The van der Waals surface area contributed by atoms with Gasteiger partial charge in [0.05, 0.1) is 0 Å². The van der Waals surface area contributed by atoms with Crippen LogP contribution in [0.1, 0.15) is 17.3 Å². The van der Waals surface area contributed by atoms with Gasteiger partial charge < -0.3 is 0 Å². The zero-order valence-corrected chi connectivity index (χ0v) is 11.5. The zero-order chi connectivity index (χ0) is 9.30. The molecule has 0 unspecified atom stereocenters. The van der Waals surface area contributed by atoms with E-state index in [2.05, 4.69) is 54.5 Å². The van der Waals surface area contributed by atoms with Crippen LogP contribution in [0.5, 0.6) is 0 Å². The van der Waals surface area contributed by atoms with Crippen LogP contribution < -0.4 is 0 Å². The Hall–Kier alpha value is 0.580. The molecule has 4 heteroatoms. The molecular weight excluding hydrogens is 399 g/mol. The van der Waals surface area contributed by atoms with Gasteiger partial charge in [0.1, 0.15) is 0 Å². The minimum Gasteiger partial charge on any atom is -0.294 e. The Labute approximate surface area is 101 Å². The average molecular weight is 404 g/mol. The molecule has 0 aromatic heterocycles. The third kappa shape index (κ3) is 2.09. The van der Waals surface area contributed by atoms with Gasteiger partial charge in [-0.1, -0.05) is 15.9 Å². The van der Waals surface area contributed by atoms with Crippen LogP contribution in [-0.2, 0) is 0 Å². The van der Waals surface area contributed by atoms with E-state index < -0.39 is 0 Å². The maximum absolute atomic E-state index is 11.2. The summed E-state index contributed by atoms with van der Waals surface area (Å²) >= 11 is 8.85. The molecule has 0 radical (unpaired) electrons. The monoisotopic (exact) mass is 402 g/mol. The zero-order valence-electron chi connectivity index (χ0n) is 6.20. The van der Waals surface area contributed by atoms with E-state index in [0.717, 1.165) is 18.1 Å². The number of carbonyl (C=O) groups is 1. The van der Waals surface area contributed by atoms with Crippen LogP contribution in [0.2, 0.25) is 0 Å². The van der Waals surface area contributed by atoms with Gasteiger partial charge in [-0.3, -0.25) is 4.79 Å². The van der Waals surface area contributed by atoms with Gasteiger partial charge in [-0.2, -0.15) is 0 Å². The summed E-state index contributed by atoms with van der Waals surface area (Å²) < 4.78 is 2.76. The van der Waals surface area contributed by atoms with Crippen LogP contribution in [0.4, 0.5) is 0 Å². The van der Waals surface area contributed by atoms with E-state index in [-0.39, 0.29) is 5.78 Å². The van der Waals surface area contributed by atoms with Crippen LogP contribution in [0.15, 0.2) is 21.1 Å². The molecule has 0 spiro atoms. The summed E-state index contributed by atoms with van der Waals surface area (Å²) in [7, 11) is 0. The summed E-state index contributed by atoms with van der Waals surface area (Å²) in [5.41, 5.74) is 0.741. The number of benzene rings is 1. The Kier molecular flexibility index (Phi) is 3.73. The SMILES string of the molecule is CC(=O)c1c(Br)ccc(Br)c1I. The predicted molar refractivity (Wildman–Crippen MR) is 64.6 cm³/mol. The lowest BCUT2D eigenvalue weighted by Crippen LogP contribution is -1.98. The molecule has 1 rings (SSSR count). The number of hydrogen-bond acceptors (Lipinski definition) is 1. The number of carbonyl (C=O) groups excluding carboxylic acids is 1. The van der Waals surface area contributed by atoms with Crippen LogP contribution >= 0.6 is 54.5 Å². The molecule has 0 fully saturated rings. The first-order valence-corrected chi connectivity index (χ1v) is 5.85. The molecule has 0 aliphatic rings. The van der Waals surface area contributed by atoms with Crippen molar-refractivity contribution >= 4 is 60.2 Å². The Morgan fingerprint density at radius 3 is 2.25 bits per heavy atom. The number of ketones is 1. The maximum Gasteiger partial charge on any atom is 0.162 e. The van der Waals surface area contributed by atoms with Crippen molar-refractivity contribution in [2.24, 2.45) is 0 Å². The second kappa shape index (κ2) is 4.19. The van der Waals surface area contributed by atoms with Crippen LogP contribution in [0.3, 0.4) is 0 Å². The molecule has 0 heterocycles. The van der Waals surface area contributed by atoms with Crippen LogP contribution in [-0.4, -0.2) is 5.78 Å². The fourth-order valence-electron chi connectivity index (χ4n) is 0.850. The van der Waals surface area contributed by atoms with Gasteiger partial charge >= 0.3 is 0 Å². The van der Waals surface area contributed by atoms with E-state index in [4.69, 9.17) is 0 Å². The van der Waals surface area contributed by atoms with Gasteiger partial charge in [-0.15, -0.1) is 0 Å². The minimum absolute atomic E-state index is 0.0765. The summed E-state index contributed by atoms with van der Waals surface area (Å²) in [5.74, 6) is 0.0765. The van der Waals surface area contributed by atoms with Gasteiger partial charge in [0.25, 0.3) is 0 Å². The molecule has 0 aliphatic heterocycles. The second-order valence-electron chi connectivity index (χ2n) is 2.27. The first-order chi connectivity index (χ1) is 5.54. The van der Waals surface area contributed by atoms with Crippen molar-refractivity contribution in [3.8, 4) is 0 Å². The van der Waals surface area contributed by atoms with E-state index in [1.807, 2.05) is 12.1 Å². The molecule has 1 nitrogen and oxygen atoms in total. The summed E-state index contributed by atoms with van der Waals surface area (Å²) in [5, 5.41) is 0. The van der Waals surface area contributed by atoms with Crippen molar-refractivity contribution in [1.82, 2.24) is 0 Å². The molecule has 0 aliphatic carbocycles. The summed E-state index contributed by atoms with van der Waals surface area (Å²) in [6.45, 7) is 1.56. The van der Waals surface area contributed by atoms with E-state index in [9.17, 15) is 4.79 Å². The van der Waals surface area contributed by atoms with E-state index >= 15 is 0 Å². The van der Waals surface area contributed by atoms with Gasteiger partial charge in [0.15, 0.2) is 5.78 Å². The first-order valence-electron chi connectivity index (χ1n) is 3.18. The van der Waals surface area contributed by atoms with Gasteiger partial charge in [-0.25, -0.2) is 0 Å². The van der Waals surface area contributed by atoms with Gasteiger partial charge in [0.2, 0.25) is 0 Å². The van der Waals surface area contributed by atoms with Crippen molar-refractivity contribution < 1.29 is 4.79 Å². The fraction of sp³-hybridized carbons (Fsp3) is 0.125. The topological polar surface area (TPSA) is 17.1 Å². The maximum atomic E-state index is 11.2. The molecular formula is C8H5Br2IO. The van der Waals surface area contributed by atoms with Crippen molar-refractivity contribution in [3.63, 3.8) is 0 Å². The molecule has 0 atom stereocenters. The highest BCUT2D eigenvalue weighted by Crippen LogP contribution is 2.29. The van der Waals surface area contributed by atoms with Crippen molar-refractivity contribution in [3.05, 3.63) is 30.2 Å². The standard InChI is InChI=1S/C8H5Br2IO/c1-4(12)7-5(9)2-3-6(10)8(7)11/h2-3H,1H3. The first kappa shape index (κ1) is 10.7. The Balaban J connectivity index is 3.43. The molecule has 0 amide bonds. The third-order valence-corrected chi connectivity index (χ3v) is 4.58. The normalized spacial score (nSPS) is 10.0. The summed E-state index contributed by atoms with van der Waals surface area (Å²) in [6.07, 6.45) is 0. The highest BCUT2D eigenvalue weighted by Gasteiger charge is 2.11. The summed E-state index contributed by atoms with van der Waals surface area (Å²) in [6, 6.07) is 3.78. The van der Waals surface area contributed by atoms with E-state index in [0.29, 0.717) is 0 Å². The van der Waals surface area contributed by atoms with Gasteiger partial charge in [-0.05, 0) is 57.6 Å². The molecule has 12 heavy (non-hydrogen) atoms. The highest BCUT2D eigenvalue weighted by atomic mass is 127. The summed E-state index contributed by atoms with van der Waals surface area (Å²) in [4.78, 5) is 11.2. The van der Waals surface area contributed by atoms with Crippen molar-refractivity contribution in [1.29, 1.82) is 0 Å². The largest absolute Gasteiger partial charge is 0.294 e. The average Bonchev–Trinajstić information content (AvgIpc) is 1.97. The Bertz CT molecular complexity index is 336. The predicted octanol–water partition coefficient (Wildman–Crippen LogP) is 4.02. The molecule has 0 bridgehead atoms. The lowest BCUT2D eigenvalue weighted by atomic mass is 10.2. The fourth-order valence-corrected chi connectivity index (χ4v) is 3.01. The number of halogens is 3. The third-order valence-electron chi connectivity index (χ3n) is 1.40. The molecule has 64 valence electrons. The molecule has 0 saturated heterocycles.